The van der Waals surface area contributed by atoms with Crippen molar-refractivity contribution in [2.24, 2.45) is 0 Å². The molecule has 0 aliphatic rings. The van der Waals surface area contributed by atoms with Gasteiger partial charge in [-0.05, 0) is 18.9 Å². The number of amides is 2. The van der Waals surface area contributed by atoms with Crippen molar-refractivity contribution in [3.8, 4) is 0 Å². The van der Waals surface area contributed by atoms with E-state index in [1.165, 1.54) is 11.1 Å². The third kappa shape index (κ3) is 5.61. The van der Waals surface area contributed by atoms with Crippen molar-refractivity contribution in [3.63, 3.8) is 0 Å². The number of urea groups is 1. The van der Waals surface area contributed by atoms with E-state index in [1.807, 2.05) is 0 Å². The predicted molar refractivity (Wildman–Crippen MR) is 82.1 cm³/mol. The van der Waals surface area contributed by atoms with Gasteiger partial charge < -0.3 is 15.4 Å². The average Bonchev–Trinajstić information content (AvgIpc) is 2.42. The summed E-state index contributed by atoms with van der Waals surface area (Å²) in [5.74, 6) is 0. The summed E-state index contributed by atoms with van der Waals surface area (Å²) >= 11 is 0. The van der Waals surface area contributed by atoms with Crippen LogP contribution in [0.1, 0.15) is 31.4 Å². The maximum absolute atomic E-state index is 11.7. The van der Waals surface area contributed by atoms with Gasteiger partial charge in [0.1, 0.15) is 0 Å². The van der Waals surface area contributed by atoms with Crippen LogP contribution in [-0.2, 0) is 10.2 Å². The molecule has 4 nitrogen and oxygen atoms in total. The summed E-state index contributed by atoms with van der Waals surface area (Å²) < 4.78 is 4.93. The van der Waals surface area contributed by atoms with Crippen LogP contribution >= 0.6 is 0 Å². The molecule has 0 aliphatic heterocycles. The van der Waals surface area contributed by atoms with Crippen molar-refractivity contribution in [3.05, 3.63) is 35.4 Å². The Morgan fingerprint density at radius 3 is 2.45 bits per heavy atom. The fourth-order valence-corrected chi connectivity index (χ4v) is 1.89. The molecule has 0 bridgehead atoms. The van der Waals surface area contributed by atoms with Crippen LogP contribution in [0.25, 0.3) is 0 Å². The van der Waals surface area contributed by atoms with Gasteiger partial charge in [0, 0.05) is 32.2 Å². The number of ether oxygens (including phenoxy) is 1. The highest BCUT2D eigenvalue weighted by molar-refractivity contribution is 5.73. The molecule has 0 heterocycles. The minimum Gasteiger partial charge on any atom is -0.385 e. The number of nitrogens with one attached hydrogen (secondary N) is 2. The summed E-state index contributed by atoms with van der Waals surface area (Å²) in [6.45, 7) is 8.22. The number of hydrogen-bond donors (Lipinski definition) is 2. The fourth-order valence-electron chi connectivity index (χ4n) is 1.89. The second-order valence-electron chi connectivity index (χ2n) is 5.71. The van der Waals surface area contributed by atoms with E-state index in [0.29, 0.717) is 19.7 Å². The largest absolute Gasteiger partial charge is 0.385 e. The van der Waals surface area contributed by atoms with Crippen molar-refractivity contribution in [2.75, 3.05) is 26.8 Å². The molecule has 2 N–H and O–H groups in total. The number of aryl methyl sites for hydroxylation is 1. The number of methoxy groups -OCH3 is 1. The first kappa shape index (κ1) is 16.5. The Balaban J connectivity index is 2.39. The average molecular weight is 278 g/mol. The number of carbonyl (C=O) groups is 1. The molecule has 0 fully saturated rings. The molecular formula is C16H26N2O2. The molecule has 4 heteroatoms. The summed E-state index contributed by atoms with van der Waals surface area (Å²) in [5.41, 5.74) is 2.38. The van der Waals surface area contributed by atoms with Gasteiger partial charge in [-0.25, -0.2) is 4.79 Å². The molecule has 0 unspecified atom stereocenters. The Morgan fingerprint density at radius 1 is 1.20 bits per heavy atom. The molecule has 2 amide bonds. The molecular weight excluding hydrogens is 252 g/mol. The Labute approximate surface area is 121 Å². The van der Waals surface area contributed by atoms with E-state index in [4.69, 9.17) is 4.74 Å². The zero-order chi connectivity index (χ0) is 15.0. The second kappa shape index (κ2) is 7.90. The maximum atomic E-state index is 11.7. The van der Waals surface area contributed by atoms with E-state index in [1.54, 1.807) is 7.11 Å². The van der Waals surface area contributed by atoms with Crippen LogP contribution < -0.4 is 10.6 Å². The summed E-state index contributed by atoms with van der Waals surface area (Å²) in [7, 11) is 1.66. The van der Waals surface area contributed by atoms with Gasteiger partial charge in [0.2, 0.25) is 0 Å². The molecule has 0 saturated carbocycles. The van der Waals surface area contributed by atoms with Crippen molar-refractivity contribution in [1.82, 2.24) is 10.6 Å². The summed E-state index contributed by atoms with van der Waals surface area (Å²) in [5, 5.41) is 5.74. The third-order valence-corrected chi connectivity index (χ3v) is 3.33. The van der Waals surface area contributed by atoms with Crippen LogP contribution in [0.4, 0.5) is 4.79 Å². The van der Waals surface area contributed by atoms with E-state index in [-0.39, 0.29) is 11.4 Å². The van der Waals surface area contributed by atoms with E-state index in [2.05, 4.69) is 55.7 Å². The van der Waals surface area contributed by atoms with Crippen LogP contribution in [0.3, 0.4) is 0 Å². The van der Waals surface area contributed by atoms with Crippen molar-refractivity contribution in [1.29, 1.82) is 0 Å². The minimum absolute atomic E-state index is 0.0857. The highest BCUT2D eigenvalue weighted by Gasteiger charge is 2.21. The van der Waals surface area contributed by atoms with Crippen LogP contribution in [0, 0.1) is 6.92 Å². The first-order chi connectivity index (χ1) is 9.45. The topological polar surface area (TPSA) is 50.4 Å². The van der Waals surface area contributed by atoms with Crippen LogP contribution in [0.15, 0.2) is 24.3 Å². The lowest BCUT2D eigenvalue weighted by atomic mass is 9.84. The lowest BCUT2D eigenvalue weighted by Crippen LogP contribution is -2.42. The molecule has 0 saturated heterocycles. The molecule has 0 spiro atoms. The third-order valence-electron chi connectivity index (χ3n) is 3.33. The van der Waals surface area contributed by atoms with Crippen molar-refractivity contribution in [2.45, 2.75) is 32.6 Å². The highest BCUT2D eigenvalue weighted by Crippen LogP contribution is 2.22. The van der Waals surface area contributed by atoms with Gasteiger partial charge in [-0.3, -0.25) is 0 Å². The zero-order valence-corrected chi connectivity index (χ0v) is 13.0. The predicted octanol–water partition coefficient (Wildman–Crippen LogP) is 2.61. The molecule has 112 valence electrons. The number of rotatable bonds is 7. The van der Waals surface area contributed by atoms with Gasteiger partial charge in [-0.2, -0.15) is 0 Å². The highest BCUT2D eigenvalue weighted by atomic mass is 16.5. The van der Waals surface area contributed by atoms with Gasteiger partial charge in [-0.15, -0.1) is 0 Å². The fraction of sp³-hybridized carbons (Fsp3) is 0.562. The summed E-state index contributed by atoms with van der Waals surface area (Å²) in [6.07, 6.45) is 0.825. The molecule has 1 rings (SSSR count). The Hall–Kier alpha value is -1.55. The summed E-state index contributed by atoms with van der Waals surface area (Å²) in [6, 6.07) is 8.31. The van der Waals surface area contributed by atoms with E-state index in [9.17, 15) is 4.79 Å². The standard InChI is InChI=1S/C16H26N2O2/c1-13-6-8-14(9-7-13)16(2,3)12-18-15(19)17-10-5-11-20-4/h6-9H,5,10-12H2,1-4H3,(H2,17,18,19). The lowest BCUT2D eigenvalue weighted by Gasteiger charge is -2.26. The SMILES string of the molecule is COCCCNC(=O)NCC(C)(C)c1ccc(C)cc1. The lowest BCUT2D eigenvalue weighted by molar-refractivity contribution is 0.193. The molecule has 0 aliphatic carbocycles. The monoisotopic (exact) mass is 278 g/mol. The van der Waals surface area contributed by atoms with E-state index in [0.717, 1.165) is 6.42 Å². The van der Waals surface area contributed by atoms with Crippen molar-refractivity contribution < 1.29 is 9.53 Å². The Kier molecular flexibility index (Phi) is 6.52. The minimum atomic E-state index is -0.124. The first-order valence-corrected chi connectivity index (χ1v) is 7.03. The molecule has 0 radical (unpaired) electrons. The first-order valence-electron chi connectivity index (χ1n) is 7.03. The van der Waals surface area contributed by atoms with Crippen LogP contribution in [0.2, 0.25) is 0 Å². The molecule has 1 aromatic rings. The molecule has 0 aromatic heterocycles. The Morgan fingerprint density at radius 2 is 1.85 bits per heavy atom. The Bertz CT molecular complexity index is 413. The normalized spacial score (nSPS) is 11.2. The van der Waals surface area contributed by atoms with E-state index >= 15 is 0 Å². The van der Waals surface area contributed by atoms with Crippen LogP contribution in [-0.4, -0.2) is 32.8 Å². The van der Waals surface area contributed by atoms with Crippen LogP contribution in [0.5, 0.6) is 0 Å². The second-order valence-corrected chi connectivity index (χ2v) is 5.71. The number of benzene rings is 1. The molecule has 20 heavy (non-hydrogen) atoms. The van der Waals surface area contributed by atoms with Gasteiger partial charge in [0.25, 0.3) is 0 Å². The van der Waals surface area contributed by atoms with Gasteiger partial charge >= 0.3 is 6.03 Å². The molecule has 1 aromatic carbocycles. The zero-order valence-electron chi connectivity index (χ0n) is 13.0. The summed E-state index contributed by atoms with van der Waals surface area (Å²) in [4.78, 5) is 11.7. The number of carbonyl (C=O) groups excluding carboxylic acids is 1. The van der Waals surface area contributed by atoms with Gasteiger partial charge in [0.05, 0.1) is 0 Å². The van der Waals surface area contributed by atoms with Gasteiger partial charge in [-0.1, -0.05) is 43.7 Å². The number of hydrogen-bond acceptors (Lipinski definition) is 2. The molecule has 0 atom stereocenters. The van der Waals surface area contributed by atoms with Gasteiger partial charge in [0.15, 0.2) is 0 Å². The van der Waals surface area contributed by atoms with E-state index < -0.39 is 0 Å². The smallest absolute Gasteiger partial charge is 0.314 e. The maximum Gasteiger partial charge on any atom is 0.314 e. The van der Waals surface area contributed by atoms with Crippen molar-refractivity contribution >= 4 is 6.03 Å². The quantitative estimate of drug-likeness (QED) is 0.753.